The van der Waals surface area contributed by atoms with Gasteiger partial charge >= 0.3 is 0 Å². The first-order valence-electron chi connectivity index (χ1n) is 5.28. The summed E-state index contributed by atoms with van der Waals surface area (Å²) in [6, 6.07) is 3.71. The Morgan fingerprint density at radius 1 is 1.19 bits per heavy atom. The standard InChI is InChI=1S/C12H15N3O/c1-12(2,3)8-10-14-11(16-15-10)9-4-6-13-7-5-9/h4-7H,8H2,1-3H3. The van der Waals surface area contributed by atoms with Crippen molar-refractivity contribution in [3.05, 3.63) is 30.4 Å². The summed E-state index contributed by atoms with van der Waals surface area (Å²) in [7, 11) is 0. The maximum Gasteiger partial charge on any atom is 0.258 e. The van der Waals surface area contributed by atoms with Gasteiger partial charge in [0, 0.05) is 24.4 Å². The molecule has 0 unspecified atom stereocenters. The fourth-order valence-corrected chi connectivity index (χ4v) is 1.41. The summed E-state index contributed by atoms with van der Waals surface area (Å²) in [4.78, 5) is 8.31. The molecule has 0 spiro atoms. The van der Waals surface area contributed by atoms with Gasteiger partial charge in [0.1, 0.15) is 0 Å². The molecule has 0 aliphatic heterocycles. The van der Waals surface area contributed by atoms with E-state index in [9.17, 15) is 0 Å². The van der Waals surface area contributed by atoms with E-state index in [1.165, 1.54) is 0 Å². The third-order valence-corrected chi connectivity index (χ3v) is 2.08. The van der Waals surface area contributed by atoms with Gasteiger partial charge in [-0.2, -0.15) is 4.98 Å². The fourth-order valence-electron chi connectivity index (χ4n) is 1.41. The van der Waals surface area contributed by atoms with Crippen LogP contribution in [0.15, 0.2) is 29.0 Å². The van der Waals surface area contributed by atoms with E-state index in [-0.39, 0.29) is 5.41 Å². The Balaban J connectivity index is 2.21. The first-order valence-corrected chi connectivity index (χ1v) is 5.28. The van der Waals surface area contributed by atoms with Crippen LogP contribution in [-0.2, 0) is 6.42 Å². The second kappa shape index (κ2) is 4.04. The molecule has 2 aromatic rings. The molecule has 0 aliphatic carbocycles. The lowest BCUT2D eigenvalue weighted by atomic mass is 9.92. The highest BCUT2D eigenvalue weighted by molar-refractivity contribution is 5.50. The molecule has 0 atom stereocenters. The molecule has 0 amide bonds. The van der Waals surface area contributed by atoms with Crippen molar-refractivity contribution in [2.24, 2.45) is 5.41 Å². The van der Waals surface area contributed by atoms with Gasteiger partial charge in [-0.3, -0.25) is 4.98 Å². The summed E-state index contributed by atoms with van der Waals surface area (Å²) < 4.78 is 5.21. The predicted molar refractivity (Wildman–Crippen MR) is 60.7 cm³/mol. The topological polar surface area (TPSA) is 51.8 Å². The number of rotatable bonds is 2. The van der Waals surface area contributed by atoms with Crippen LogP contribution in [0.2, 0.25) is 0 Å². The third kappa shape index (κ3) is 2.66. The summed E-state index contributed by atoms with van der Waals surface area (Å²) in [5.41, 5.74) is 1.07. The van der Waals surface area contributed by atoms with Crippen LogP contribution in [0, 0.1) is 5.41 Å². The van der Waals surface area contributed by atoms with E-state index in [1.807, 2.05) is 12.1 Å². The summed E-state index contributed by atoms with van der Waals surface area (Å²) in [5, 5.41) is 3.97. The van der Waals surface area contributed by atoms with E-state index >= 15 is 0 Å². The van der Waals surface area contributed by atoms with Crippen molar-refractivity contribution in [3.8, 4) is 11.5 Å². The molecule has 0 fully saturated rings. The van der Waals surface area contributed by atoms with Gasteiger partial charge in [-0.15, -0.1) is 0 Å². The van der Waals surface area contributed by atoms with E-state index < -0.39 is 0 Å². The van der Waals surface area contributed by atoms with Crippen LogP contribution in [0.5, 0.6) is 0 Å². The normalized spacial score (nSPS) is 11.7. The minimum atomic E-state index is 0.166. The molecule has 4 nitrogen and oxygen atoms in total. The molecule has 0 aliphatic rings. The van der Waals surface area contributed by atoms with E-state index in [0.717, 1.165) is 17.8 Å². The highest BCUT2D eigenvalue weighted by Gasteiger charge is 2.16. The van der Waals surface area contributed by atoms with Crippen molar-refractivity contribution in [1.82, 2.24) is 15.1 Å². The average Bonchev–Trinajstić information content (AvgIpc) is 2.65. The number of hydrogen-bond acceptors (Lipinski definition) is 4. The van der Waals surface area contributed by atoms with Crippen LogP contribution in [0.25, 0.3) is 11.5 Å². The Morgan fingerprint density at radius 2 is 1.88 bits per heavy atom. The highest BCUT2D eigenvalue weighted by atomic mass is 16.5. The highest BCUT2D eigenvalue weighted by Crippen LogP contribution is 2.21. The maximum atomic E-state index is 5.21. The fraction of sp³-hybridized carbons (Fsp3) is 0.417. The molecule has 0 radical (unpaired) electrons. The number of pyridine rings is 1. The number of hydrogen-bond donors (Lipinski definition) is 0. The molecule has 0 N–H and O–H groups in total. The minimum absolute atomic E-state index is 0.166. The molecular weight excluding hydrogens is 202 g/mol. The summed E-state index contributed by atoms with van der Waals surface area (Å²) in [5.74, 6) is 1.31. The van der Waals surface area contributed by atoms with Gasteiger partial charge in [0.25, 0.3) is 5.89 Å². The summed E-state index contributed by atoms with van der Waals surface area (Å²) in [6.07, 6.45) is 4.23. The molecule has 2 aromatic heterocycles. The van der Waals surface area contributed by atoms with Crippen LogP contribution >= 0.6 is 0 Å². The van der Waals surface area contributed by atoms with E-state index in [0.29, 0.717) is 5.89 Å². The van der Waals surface area contributed by atoms with Crippen molar-refractivity contribution < 1.29 is 4.52 Å². The molecular formula is C12H15N3O. The van der Waals surface area contributed by atoms with Gasteiger partial charge in [-0.25, -0.2) is 0 Å². The van der Waals surface area contributed by atoms with Crippen LogP contribution < -0.4 is 0 Å². The molecule has 16 heavy (non-hydrogen) atoms. The molecule has 0 saturated heterocycles. The Hall–Kier alpha value is -1.71. The lowest BCUT2D eigenvalue weighted by Gasteiger charge is -2.14. The van der Waals surface area contributed by atoms with Gasteiger partial charge in [0.05, 0.1) is 0 Å². The third-order valence-electron chi connectivity index (χ3n) is 2.08. The molecule has 0 saturated carbocycles. The average molecular weight is 217 g/mol. The summed E-state index contributed by atoms with van der Waals surface area (Å²) >= 11 is 0. The smallest absolute Gasteiger partial charge is 0.258 e. The molecule has 0 aromatic carbocycles. The van der Waals surface area contributed by atoms with E-state index in [1.54, 1.807) is 12.4 Å². The van der Waals surface area contributed by atoms with Gasteiger partial charge in [-0.1, -0.05) is 25.9 Å². The van der Waals surface area contributed by atoms with E-state index in [2.05, 4.69) is 35.9 Å². The Bertz CT molecular complexity index is 457. The van der Waals surface area contributed by atoms with Crippen LogP contribution in [0.1, 0.15) is 26.6 Å². The summed E-state index contributed by atoms with van der Waals surface area (Å²) in [6.45, 7) is 6.44. The zero-order valence-corrected chi connectivity index (χ0v) is 9.77. The molecule has 2 heterocycles. The maximum absolute atomic E-state index is 5.21. The Morgan fingerprint density at radius 3 is 2.50 bits per heavy atom. The van der Waals surface area contributed by atoms with Crippen LogP contribution in [0.4, 0.5) is 0 Å². The van der Waals surface area contributed by atoms with Crippen LogP contribution in [0.3, 0.4) is 0 Å². The van der Waals surface area contributed by atoms with Crippen molar-refractivity contribution in [1.29, 1.82) is 0 Å². The van der Waals surface area contributed by atoms with Gasteiger partial charge in [0.15, 0.2) is 5.82 Å². The van der Waals surface area contributed by atoms with E-state index in [4.69, 9.17) is 4.52 Å². The van der Waals surface area contributed by atoms with Crippen molar-refractivity contribution >= 4 is 0 Å². The van der Waals surface area contributed by atoms with Gasteiger partial charge < -0.3 is 4.52 Å². The molecule has 0 bridgehead atoms. The second-order valence-electron chi connectivity index (χ2n) is 4.99. The quantitative estimate of drug-likeness (QED) is 0.776. The monoisotopic (exact) mass is 217 g/mol. The SMILES string of the molecule is CC(C)(C)Cc1noc(-c2ccncc2)n1. The van der Waals surface area contributed by atoms with Crippen molar-refractivity contribution in [3.63, 3.8) is 0 Å². The number of aromatic nitrogens is 3. The van der Waals surface area contributed by atoms with Gasteiger partial charge in [0.2, 0.25) is 0 Å². The first kappa shape index (κ1) is 10.8. The first-order chi connectivity index (χ1) is 7.54. The molecule has 84 valence electrons. The minimum Gasteiger partial charge on any atom is -0.334 e. The predicted octanol–water partition coefficient (Wildman–Crippen LogP) is 2.72. The lowest BCUT2D eigenvalue weighted by Crippen LogP contribution is -2.10. The Labute approximate surface area is 94.7 Å². The van der Waals surface area contributed by atoms with Gasteiger partial charge in [-0.05, 0) is 17.5 Å². The molecule has 2 rings (SSSR count). The van der Waals surface area contributed by atoms with Crippen molar-refractivity contribution in [2.45, 2.75) is 27.2 Å². The van der Waals surface area contributed by atoms with Crippen molar-refractivity contribution in [2.75, 3.05) is 0 Å². The Kier molecular flexibility index (Phi) is 2.73. The second-order valence-corrected chi connectivity index (χ2v) is 4.99. The van der Waals surface area contributed by atoms with Crippen LogP contribution in [-0.4, -0.2) is 15.1 Å². The zero-order valence-electron chi connectivity index (χ0n) is 9.77. The molecule has 4 heteroatoms. The largest absolute Gasteiger partial charge is 0.334 e. The lowest BCUT2D eigenvalue weighted by molar-refractivity contribution is 0.374. The zero-order chi connectivity index (χ0) is 11.6. The number of nitrogens with zero attached hydrogens (tertiary/aromatic N) is 3.